The van der Waals surface area contributed by atoms with Crippen molar-refractivity contribution in [1.82, 2.24) is 20.2 Å². The van der Waals surface area contributed by atoms with Crippen molar-refractivity contribution in [3.8, 4) is 0 Å². The van der Waals surface area contributed by atoms with Crippen LogP contribution in [0, 0.1) is 5.82 Å². The maximum absolute atomic E-state index is 12.9. The van der Waals surface area contributed by atoms with Gasteiger partial charge in [-0.15, -0.1) is 0 Å². The topological polar surface area (TPSA) is 92.9 Å². The van der Waals surface area contributed by atoms with Gasteiger partial charge in [-0.3, -0.25) is 0 Å². The molecule has 0 saturated heterocycles. The fourth-order valence-corrected chi connectivity index (χ4v) is 1.88. The Labute approximate surface area is 106 Å². The van der Waals surface area contributed by atoms with E-state index < -0.39 is 12.0 Å². The van der Waals surface area contributed by atoms with Crippen molar-refractivity contribution in [2.45, 2.75) is 6.04 Å². The number of hydrogen-bond acceptors (Lipinski definition) is 5. The lowest BCUT2D eigenvalue weighted by Crippen LogP contribution is -2.24. The van der Waals surface area contributed by atoms with E-state index in [1.54, 1.807) is 12.1 Å². The number of carboxylic acids is 1. The van der Waals surface area contributed by atoms with Crippen LogP contribution in [0.3, 0.4) is 0 Å². The van der Waals surface area contributed by atoms with Gasteiger partial charge in [-0.05, 0) is 34.2 Å². The molecular weight excluding hydrogens is 253 g/mol. The monoisotopic (exact) mass is 261 g/mol. The highest BCUT2D eigenvalue weighted by atomic mass is 19.1. The molecule has 7 nitrogen and oxygen atoms in total. The van der Waals surface area contributed by atoms with E-state index in [9.17, 15) is 9.18 Å². The van der Waals surface area contributed by atoms with Crippen LogP contribution >= 0.6 is 0 Å². The molecule has 0 radical (unpaired) electrons. The largest absolute Gasteiger partial charge is 0.477 e. The minimum atomic E-state index is -1.11. The first-order valence-electron chi connectivity index (χ1n) is 5.40. The van der Waals surface area contributed by atoms with Gasteiger partial charge in [-0.1, -0.05) is 17.2 Å². The number of anilines is 1. The molecule has 8 heteroatoms. The van der Waals surface area contributed by atoms with Crippen molar-refractivity contribution in [3.05, 3.63) is 47.4 Å². The van der Waals surface area contributed by atoms with E-state index in [4.69, 9.17) is 5.11 Å². The molecule has 0 saturated carbocycles. The number of rotatable bonds is 2. The van der Waals surface area contributed by atoms with Crippen molar-refractivity contribution in [2.24, 2.45) is 0 Å². The lowest BCUT2D eigenvalue weighted by Gasteiger charge is -2.21. The summed E-state index contributed by atoms with van der Waals surface area (Å²) < 4.78 is 14.4. The van der Waals surface area contributed by atoms with E-state index in [1.165, 1.54) is 22.9 Å². The molecule has 1 unspecified atom stereocenters. The van der Waals surface area contributed by atoms with E-state index in [0.29, 0.717) is 5.56 Å². The summed E-state index contributed by atoms with van der Waals surface area (Å²) in [6.07, 6.45) is 1.47. The molecule has 1 aromatic heterocycles. The number of carboxylic acid groups (broad SMARTS) is 1. The zero-order valence-corrected chi connectivity index (χ0v) is 9.49. The summed E-state index contributed by atoms with van der Waals surface area (Å²) in [5, 5.41) is 22.6. The number of hydrogen-bond donors (Lipinski definition) is 2. The van der Waals surface area contributed by atoms with Crippen molar-refractivity contribution in [2.75, 3.05) is 5.32 Å². The maximum Gasteiger partial charge on any atom is 0.352 e. The summed E-state index contributed by atoms with van der Waals surface area (Å²) in [6.45, 7) is 0. The first-order valence-corrected chi connectivity index (χ1v) is 5.40. The Hall–Kier alpha value is -2.77. The summed E-state index contributed by atoms with van der Waals surface area (Å²) in [4.78, 5) is 11.0. The van der Waals surface area contributed by atoms with Crippen LogP contribution in [0.4, 0.5) is 10.3 Å². The van der Waals surface area contributed by atoms with Crippen LogP contribution in [-0.4, -0.2) is 31.3 Å². The fraction of sp³-hybridized carbons (Fsp3) is 0.0909. The molecule has 96 valence electrons. The first kappa shape index (κ1) is 11.3. The van der Waals surface area contributed by atoms with Gasteiger partial charge >= 0.3 is 5.97 Å². The third kappa shape index (κ3) is 1.92. The normalized spacial score (nSPS) is 17.3. The number of tetrazole rings is 1. The van der Waals surface area contributed by atoms with Crippen LogP contribution in [0.5, 0.6) is 0 Å². The minimum absolute atomic E-state index is 0.0170. The number of allylic oxidation sites excluding steroid dienone is 1. The van der Waals surface area contributed by atoms with Crippen LogP contribution in [0.15, 0.2) is 36.0 Å². The van der Waals surface area contributed by atoms with Gasteiger partial charge in [0.15, 0.2) is 0 Å². The molecule has 2 heterocycles. The smallest absolute Gasteiger partial charge is 0.352 e. The molecule has 1 aliphatic rings. The summed E-state index contributed by atoms with van der Waals surface area (Å²) in [5.74, 6) is -1.24. The zero-order valence-electron chi connectivity index (χ0n) is 9.49. The molecule has 0 amide bonds. The van der Waals surface area contributed by atoms with Gasteiger partial charge in [0, 0.05) is 0 Å². The second-order valence-electron chi connectivity index (χ2n) is 3.95. The number of benzene rings is 1. The molecule has 19 heavy (non-hydrogen) atoms. The number of aromatic nitrogens is 4. The SMILES string of the molecule is O=C(O)C1=CC(c2ccc(F)cc2)n2nnnc2N1. The Morgan fingerprint density at radius 2 is 2.11 bits per heavy atom. The highest BCUT2D eigenvalue weighted by molar-refractivity contribution is 5.90. The van der Waals surface area contributed by atoms with E-state index >= 15 is 0 Å². The molecule has 1 aromatic carbocycles. The summed E-state index contributed by atoms with van der Waals surface area (Å²) in [6, 6.07) is 5.24. The predicted molar refractivity (Wildman–Crippen MR) is 61.7 cm³/mol. The van der Waals surface area contributed by atoms with Crippen LogP contribution in [0.25, 0.3) is 0 Å². The van der Waals surface area contributed by atoms with Gasteiger partial charge in [0.25, 0.3) is 0 Å². The summed E-state index contributed by atoms with van der Waals surface area (Å²) in [5.41, 5.74) is 0.673. The van der Waals surface area contributed by atoms with Crippen LogP contribution in [-0.2, 0) is 4.79 Å². The van der Waals surface area contributed by atoms with E-state index in [0.717, 1.165) is 0 Å². The molecule has 0 aliphatic carbocycles. The number of nitrogens with zero attached hydrogens (tertiary/aromatic N) is 4. The number of aliphatic carboxylic acids is 1. The average molecular weight is 261 g/mol. The Morgan fingerprint density at radius 3 is 2.79 bits per heavy atom. The first-order chi connectivity index (χ1) is 9.15. The lowest BCUT2D eigenvalue weighted by atomic mass is 10.0. The predicted octanol–water partition coefficient (Wildman–Crippen LogP) is 0.796. The number of carbonyl (C=O) groups is 1. The Kier molecular flexibility index (Phi) is 2.48. The average Bonchev–Trinajstić information content (AvgIpc) is 2.86. The van der Waals surface area contributed by atoms with Crippen LogP contribution in [0.1, 0.15) is 11.6 Å². The molecule has 2 aromatic rings. The standard InChI is InChI=1S/C11H8FN5O2/c12-7-3-1-6(2-4-7)9-5-8(10(18)19)13-11-14-15-16-17(9)11/h1-5,9H,(H,18,19)(H,13,14,16). The summed E-state index contributed by atoms with van der Waals surface area (Å²) >= 11 is 0. The van der Waals surface area contributed by atoms with Crippen LogP contribution < -0.4 is 5.32 Å². The minimum Gasteiger partial charge on any atom is -0.477 e. The molecule has 2 N–H and O–H groups in total. The molecule has 0 spiro atoms. The van der Waals surface area contributed by atoms with Crippen molar-refractivity contribution < 1.29 is 14.3 Å². The van der Waals surface area contributed by atoms with Gasteiger partial charge < -0.3 is 10.4 Å². The molecule has 3 rings (SSSR count). The van der Waals surface area contributed by atoms with Gasteiger partial charge in [0.2, 0.25) is 5.95 Å². The highest BCUT2D eigenvalue weighted by Gasteiger charge is 2.26. The third-order valence-corrected chi connectivity index (χ3v) is 2.77. The third-order valence-electron chi connectivity index (χ3n) is 2.77. The van der Waals surface area contributed by atoms with Gasteiger partial charge in [0.05, 0.1) is 0 Å². The van der Waals surface area contributed by atoms with E-state index in [-0.39, 0.29) is 17.5 Å². The van der Waals surface area contributed by atoms with E-state index in [1.807, 2.05) is 0 Å². The molecule has 1 atom stereocenters. The van der Waals surface area contributed by atoms with Crippen molar-refractivity contribution >= 4 is 11.9 Å². The van der Waals surface area contributed by atoms with Crippen molar-refractivity contribution in [1.29, 1.82) is 0 Å². The molecule has 0 fully saturated rings. The van der Waals surface area contributed by atoms with E-state index in [2.05, 4.69) is 20.8 Å². The van der Waals surface area contributed by atoms with Gasteiger partial charge in [-0.2, -0.15) is 4.68 Å². The quantitative estimate of drug-likeness (QED) is 0.830. The number of fused-ring (bicyclic) bond motifs is 1. The zero-order chi connectivity index (χ0) is 13.4. The molecular formula is C11H8FN5O2. The lowest BCUT2D eigenvalue weighted by molar-refractivity contribution is -0.132. The second kappa shape index (κ2) is 4.16. The van der Waals surface area contributed by atoms with Gasteiger partial charge in [0.1, 0.15) is 17.6 Å². The maximum atomic E-state index is 12.9. The number of nitrogens with one attached hydrogen (secondary N) is 1. The summed E-state index contributed by atoms with van der Waals surface area (Å²) in [7, 11) is 0. The highest BCUT2D eigenvalue weighted by Crippen LogP contribution is 2.27. The number of halogens is 1. The van der Waals surface area contributed by atoms with Crippen molar-refractivity contribution in [3.63, 3.8) is 0 Å². The second-order valence-corrected chi connectivity index (χ2v) is 3.95. The Balaban J connectivity index is 2.09. The fourth-order valence-electron chi connectivity index (χ4n) is 1.88. The Bertz CT molecular complexity index is 664. The molecule has 0 bridgehead atoms. The Morgan fingerprint density at radius 1 is 1.37 bits per heavy atom. The van der Waals surface area contributed by atoms with Crippen LogP contribution in [0.2, 0.25) is 0 Å². The van der Waals surface area contributed by atoms with Gasteiger partial charge in [-0.25, -0.2) is 9.18 Å². The molecule has 1 aliphatic heterocycles.